The van der Waals surface area contributed by atoms with E-state index >= 15 is 0 Å². The van der Waals surface area contributed by atoms with Crippen LogP contribution in [0.5, 0.6) is 5.75 Å². The molecule has 0 aliphatic rings. The van der Waals surface area contributed by atoms with Crippen LogP contribution in [0.3, 0.4) is 0 Å². The summed E-state index contributed by atoms with van der Waals surface area (Å²) in [5.41, 5.74) is 0.542. The molecule has 0 aliphatic heterocycles. The molecule has 2 heterocycles. The van der Waals surface area contributed by atoms with Crippen LogP contribution in [0.2, 0.25) is 0 Å². The molecular formula is C18H16N6O6. The molecule has 12 nitrogen and oxygen atoms in total. The number of methoxy groups -OCH3 is 1. The third-order valence-electron chi connectivity index (χ3n) is 4.13. The number of aromatic nitrogens is 4. The van der Waals surface area contributed by atoms with Crippen LogP contribution in [-0.2, 0) is 13.6 Å². The molecule has 0 spiro atoms. The maximum atomic E-state index is 12.4. The number of aryl methyl sites for hydroxylation is 1. The van der Waals surface area contributed by atoms with E-state index in [0.29, 0.717) is 16.9 Å². The van der Waals surface area contributed by atoms with E-state index in [-0.39, 0.29) is 23.6 Å². The van der Waals surface area contributed by atoms with Crippen molar-refractivity contribution in [3.63, 3.8) is 0 Å². The number of hydrogen-bond acceptors (Lipinski definition) is 8. The van der Waals surface area contributed by atoms with E-state index in [0.717, 1.165) is 12.4 Å². The molecule has 0 atom stereocenters. The quantitative estimate of drug-likeness (QED) is 0.237. The lowest BCUT2D eigenvalue weighted by atomic mass is 10.1. The van der Waals surface area contributed by atoms with Crippen LogP contribution in [-0.4, -0.2) is 42.3 Å². The summed E-state index contributed by atoms with van der Waals surface area (Å²) >= 11 is 0. The Morgan fingerprint density at radius 1 is 1.23 bits per heavy atom. The third kappa shape index (κ3) is 4.38. The molecule has 0 saturated carbocycles. The van der Waals surface area contributed by atoms with Gasteiger partial charge < -0.3 is 4.74 Å². The smallest absolute Gasteiger partial charge is 0.318 e. The number of benzene rings is 1. The van der Waals surface area contributed by atoms with Gasteiger partial charge in [-0.15, -0.1) is 0 Å². The molecule has 0 fully saturated rings. The molecule has 30 heavy (non-hydrogen) atoms. The Bertz CT molecular complexity index is 1160. The summed E-state index contributed by atoms with van der Waals surface area (Å²) in [6.45, 7) is 0.207. The minimum atomic E-state index is -0.664. The lowest BCUT2D eigenvalue weighted by molar-refractivity contribution is -0.385. The van der Waals surface area contributed by atoms with Crippen LogP contribution in [0.4, 0.5) is 11.4 Å². The Morgan fingerprint density at radius 3 is 2.63 bits per heavy atom. The van der Waals surface area contributed by atoms with Crippen LogP contribution in [0, 0.1) is 20.2 Å². The van der Waals surface area contributed by atoms with Gasteiger partial charge in [-0.2, -0.15) is 10.2 Å². The van der Waals surface area contributed by atoms with Crippen LogP contribution < -0.4 is 4.74 Å². The number of rotatable bonds is 8. The molecular weight excluding hydrogens is 396 g/mol. The van der Waals surface area contributed by atoms with E-state index in [2.05, 4.69) is 10.2 Å². The highest BCUT2D eigenvalue weighted by atomic mass is 16.6. The molecule has 1 aromatic carbocycles. The van der Waals surface area contributed by atoms with E-state index in [9.17, 15) is 25.0 Å². The molecule has 0 bridgehead atoms. The number of carbonyl (C=O) groups is 1. The van der Waals surface area contributed by atoms with Gasteiger partial charge in [0, 0.05) is 12.6 Å². The Hall–Kier alpha value is -4.35. The minimum absolute atomic E-state index is 0.132. The van der Waals surface area contributed by atoms with E-state index in [4.69, 9.17) is 4.74 Å². The summed E-state index contributed by atoms with van der Waals surface area (Å²) in [4.78, 5) is 33.0. The summed E-state index contributed by atoms with van der Waals surface area (Å²) in [5, 5.41) is 29.7. The van der Waals surface area contributed by atoms with Gasteiger partial charge in [-0.3, -0.25) is 34.4 Å². The van der Waals surface area contributed by atoms with Gasteiger partial charge in [0.2, 0.25) is 11.5 Å². The highest BCUT2D eigenvalue weighted by Crippen LogP contribution is 2.23. The fraction of sp³-hybridized carbons (Fsp3) is 0.167. The van der Waals surface area contributed by atoms with E-state index in [1.165, 1.54) is 41.9 Å². The summed E-state index contributed by atoms with van der Waals surface area (Å²) in [7, 11) is 2.98. The van der Waals surface area contributed by atoms with Gasteiger partial charge in [-0.25, -0.2) is 0 Å². The number of nitro groups is 2. The lowest BCUT2D eigenvalue weighted by Gasteiger charge is -2.09. The maximum Gasteiger partial charge on any atom is 0.318 e. The van der Waals surface area contributed by atoms with Crippen molar-refractivity contribution < 1.29 is 19.4 Å². The van der Waals surface area contributed by atoms with Crippen LogP contribution in [0.15, 0.2) is 42.9 Å². The predicted octanol–water partition coefficient (Wildman–Crippen LogP) is 2.39. The molecule has 0 radical (unpaired) electrons. The third-order valence-corrected chi connectivity index (χ3v) is 4.13. The first kappa shape index (κ1) is 20.4. The van der Waals surface area contributed by atoms with Gasteiger partial charge in [0.1, 0.15) is 24.3 Å². The van der Waals surface area contributed by atoms with Crippen molar-refractivity contribution in [1.29, 1.82) is 0 Å². The molecule has 0 saturated heterocycles. The number of ether oxygens (including phenoxy) is 1. The molecule has 12 heteroatoms. The van der Waals surface area contributed by atoms with E-state index in [1.54, 1.807) is 18.2 Å². The average Bonchev–Trinajstić information content (AvgIpc) is 3.33. The van der Waals surface area contributed by atoms with Gasteiger partial charge in [0.15, 0.2) is 0 Å². The second kappa shape index (κ2) is 8.34. The summed E-state index contributed by atoms with van der Waals surface area (Å²) in [5.74, 6) is -0.0700. The minimum Gasteiger partial charge on any atom is -0.496 e. The van der Waals surface area contributed by atoms with Crippen molar-refractivity contribution in [1.82, 2.24) is 19.6 Å². The molecule has 0 unspecified atom stereocenters. The van der Waals surface area contributed by atoms with Crippen molar-refractivity contribution in [3.8, 4) is 5.75 Å². The van der Waals surface area contributed by atoms with Gasteiger partial charge >= 0.3 is 11.4 Å². The van der Waals surface area contributed by atoms with Crippen molar-refractivity contribution in [2.24, 2.45) is 7.05 Å². The fourth-order valence-corrected chi connectivity index (χ4v) is 2.77. The topological polar surface area (TPSA) is 148 Å². The first-order chi connectivity index (χ1) is 14.3. The Kier molecular flexibility index (Phi) is 5.67. The van der Waals surface area contributed by atoms with Crippen molar-refractivity contribution in [2.45, 2.75) is 6.54 Å². The van der Waals surface area contributed by atoms with Gasteiger partial charge in [0.05, 0.1) is 23.5 Å². The van der Waals surface area contributed by atoms with Crippen molar-refractivity contribution in [3.05, 3.63) is 79.9 Å². The highest BCUT2D eigenvalue weighted by Gasteiger charge is 2.23. The van der Waals surface area contributed by atoms with E-state index in [1.807, 2.05) is 0 Å². The van der Waals surface area contributed by atoms with Gasteiger partial charge in [0.25, 0.3) is 0 Å². The Morgan fingerprint density at radius 2 is 2.00 bits per heavy atom. The zero-order valence-electron chi connectivity index (χ0n) is 16.0. The number of carbonyl (C=O) groups excluding carboxylic acids is 1. The summed E-state index contributed by atoms with van der Waals surface area (Å²) in [6, 6.07) is 5.11. The summed E-state index contributed by atoms with van der Waals surface area (Å²) in [6.07, 6.45) is 6.30. The van der Waals surface area contributed by atoms with E-state index < -0.39 is 15.6 Å². The Balaban J connectivity index is 1.84. The van der Waals surface area contributed by atoms with Crippen LogP contribution in [0.25, 0.3) is 6.08 Å². The second-order valence-electron chi connectivity index (χ2n) is 6.22. The van der Waals surface area contributed by atoms with Crippen molar-refractivity contribution >= 4 is 23.2 Å². The fourth-order valence-electron chi connectivity index (χ4n) is 2.77. The van der Waals surface area contributed by atoms with Crippen LogP contribution >= 0.6 is 0 Å². The van der Waals surface area contributed by atoms with Crippen LogP contribution in [0.1, 0.15) is 21.6 Å². The standard InChI is InChI=1S/C18H16N6O6/c1-21-11-15(24(28)29)18(20-21)16(25)5-3-12-4-6-17(30-2)13(7-12)9-22-10-14(8-19-22)23(26)27/h3-8,10-11H,9H2,1-2H3/b5-3+. The normalized spacial score (nSPS) is 11.0. The molecule has 0 aliphatic carbocycles. The second-order valence-corrected chi connectivity index (χ2v) is 6.22. The predicted molar refractivity (Wildman–Crippen MR) is 104 cm³/mol. The lowest BCUT2D eigenvalue weighted by Crippen LogP contribution is -2.03. The van der Waals surface area contributed by atoms with Gasteiger partial charge in [-0.05, 0) is 23.8 Å². The molecule has 3 aromatic rings. The number of nitrogens with zero attached hydrogens (tertiary/aromatic N) is 6. The Labute approximate surface area is 169 Å². The zero-order chi connectivity index (χ0) is 21.8. The van der Waals surface area contributed by atoms with Crippen molar-refractivity contribution in [2.75, 3.05) is 7.11 Å². The molecule has 2 aromatic heterocycles. The summed E-state index contributed by atoms with van der Waals surface area (Å²) < 4.78 is 7.91. The molecule has 154 valence electrons. The molecule has 0 N–H and O–H groups in total. The maximum absolute atomic E-state index is 12.4. The van der Waals surface area contributed by atoms with Gasteiger partial charge in [-0.1, -0.05) is 12.1 Å². The highest BCUT2D eigenvalue weighted by molar-refractivity contribution is 6.07. The average molecular weight is 412 g/mol. The number of allylic oxidation sites excluding steroid dienone is 1. The molecule has 3 rings (SSSR count). The first-order valence-electron chi connectivity index (χ1n) is 8.52. The number of hydrogen-bond donors (Lipinski definition) is 0. The monoisotopic (exact) mass is 412 g/mol. The SMILES string of the molecule is COc1ccc(/C=C/C(=O)c2nn(C)cc2[N+](=O)[O-])cc1Cn1cc([N+](=O)[O-])cn1. The zero-order valence-corrected chi connectivity index (χ0v) is 16.0. The molecule has 0 amide bonds. The number of ketones is 1. The first-order valence-corrected chi connectivity index (χ1v) is 8.52. The largest absolute Gasteiger partial charge is 0.496 e.